The molecule has 3 N–H and O–H groups in total. The van der Waals surface area contributed by atoms with E-state index in [0.29, 0.717) is 32.0 Å². The Bertz CT molecular complexity index is 653. The number of amides is 2. The molecule has 168 valence electrons. The Morgan fingerprint density at radius 1 is 1.30 bits per heavy atom. The molecule has 0 bridgehead atoms. The molecule has 1 aromatic rings. The highest BCUT2D eigenvalue weighted by molar-refractivity contribution is 5.88. The number of nitrogens with one attached hydrogen (secondary N) is 1. The van der Waals surface area contributed by atoms with Gasteiger partial charge in [-0.25, -0.2) is 0 Å². The molecule has 0 saturated carbocycles. The Morgan fingerprint density at radius 3 is 2.67 bits per heavy atom. The highest BCUT2D eigenvalue weighted by Crippen LogP contribution is 2.24. The Morgan fingerprint density at radius 2 is 2.03 bits per heavy atom. The lowest BCUT2D eigenvalue weighted by Gasteiger charge is -2.43. The van der Waals surface area contributed by atoms with Crippen LogP contribution in [0, 0.1) is 5.92 Å². The number of piperidine rings is 1. The maximum absolute atomic E-state index is 12.8. The van der Waals surface area contributed by atoms with Crippen molar-refractivity contribution < 1.29 is 14.3 Å². The fourth-order valence-electron chi connectivity index (χ4n) is 4.15. The van der Waals surface area contributed by atoms with Gasteiger partial charge in [0.2, 0.25) is 11.8 Å². The molecular formula is C23H38N4O3. The van der Waals surface area contributed by atoms with Crippen molar-refractivity contribution in [3.63, 3.8) is 0 Å². The van der Waals surface area contributed by atoms with Gasteiger partial charge >= 0.3 is 0 Å². The zero-order valence-corrected chi connectivity index (χ0v) is 18.7. The van der Waals surface area contributed by atoms with Gasteiger partial charge in [-0.2, -0.15) is 0 Å². The standard InChI is InChI=1S/C23H38N4O3/c1-18(2)16-26(13-9-19-7-5-4-6-8-19)20-10-14-27(22(28)17-30-3)21(15-20)23(29)25-12-11-24/h4-8,18,20-21H,9-17,24H2,1-3H3,(H,25,29)/t20?,21-/m1/s1. The quantitative estimate of drug-likeness (QED) is 0.565. The van der Waals surface area contributed by atoms with E-state index in [4.69, 9.17) is 10.5 Å². The second kappa shape index (κ2) is 12.7. The number of carbonyl (C=O) groups excluding carboxylic acids is 2. The number of hydrogen-bond donors (Lipinski definition) is 2. The first-order valence-corrected chi connectivity index (χ1v) is 11.0. The normalized spacial score (nSPS) is 19.3. The van der Waals surface area contributed by atoms with E-state index in [-0.39, 0.29) is 24.5 Å². The number of likely N-dealkylation sites (tertiary alicyclic amines) is 1. The third-order valence-corrected chi connectivity index (χ3v) is 5.56. The maximum atomic E-state index is 12.8. The molecule has 2 amide bonds. The summed E-state index contributed by atoms with van der Waals surface area (Å²) in [5.41, 5.74) is 6.87. The van der Waals surface area contributed by atoms with Crippen LogP contribution in [0.25, 0.3) is 0 Å². The SMILES string of the molecule is COCC(=O)N1CCC(N(CCc2ccccc2)CC(C)C)C[C@@H]1C(=O)NCCN. The topological polar surface area (TPSA) is 87.9 Å². The molecule has 1 saturated heterocycles. The molecule has 30 heavy (non-hydrogen) atoms. The van der Waals surface area contributed by atoms with E-state index >= 15 is 0 Å². The second-order valence-electron chi connectivity index (χ2n) is 8.42. The summed E-state index contributed by atoms with van der Waals surface area (Å²) >= 11 is 0. The van der Waals surface area contributed by atoms with E-state index in [1.807, 2.05) is 6.07 Å². The number of nitrogens with two attached hydrogens (primary N) is 1. The minimum absolute atomic E-state index is 0.00491. The summed E-state index contributed by atoms with van der Waals surface area (Å²) in [6, 6.07) is 10.3. The molecule has 0 spiro atoms. The minimum Gasteiger partial charge on any atom is -0.375 e. The summed E-state index contributed by atoms with van der Waals surface area (Å²) in [7, 11) is 1.50. The van der Waals surface area contributed by atoms with Gasteiger partial charge in [0.05, 0.1) is 0 Å². The summed E-state index contributed by atoms with van der Waals surface area (Å²) in [6.07, 6.45) is 2.46. The zero-order chi connectivity index (χ0) is 21.9. The largest absolute Gasteiger partial charge is 0.375 e. The van der Waals surface area contributed by atoms with Gasteiger partial charge < -0.3 is 20.7 Å². The van der Waals surface area contributed by atoms with Gasteiger partial charge in [-0.3, -0.25) is 14.5 Å². The van der Waals surface area contributed by atoms with E-state index in [0.717, 1.165) is 25.9 Å². The van der Waals surface area contributed by atoms with E-state index in [9.17, 15) is 9.59 Å². The van der Waals surface area contributed by atoms with E-state index < -0.39 is 6.04 Å². The van der Waals surface area contributed by atoms with Gasteiger partial charge in [0.15, 0.2) is 0 Å². The molecule has 0 aromatic heterocycles. The second-order valence-corrected chi connectivity index (χ2v) is 8.42. The van der Waals surface area contributed by atoms with Crippen LogP contribution in [0.4, 0.5) is 0 Å². The van der Waals surface area contributed by atoms with Gasteiger partial charge in [0.1, 0.15) is 12.6 Å². The first kappa shape index (κ1) is 24.3. The lowest BCUT2D eigenvalue weighted by molar-refractivity contribution is -0.146. The highest BCUT2D eigenvalue weighted by Gasteiger charge is 2.38. The fourth-order valence-corrected chi connectivity index (χ4v) is 4.15. The molecule has 0 aliphatic carbocycles. The lowest BCUT2D eigenvalue weighted by Crippen LogP contribution is -2.58. The molecule has 1 aromatic carbocycles. The van der Waals surface area contributed by atoms with Crippen molar-refractivity contribution in [1.29, 1.82) is 0 Å². The third-order valence-electron chi connectivity index (χ3n) is 5.56. The molecule has 1 fully saturated rings. The van der Waals surface area contributed by atoms with Crippen LogP contribution in [0.15, 0.2) is 30.3 Å². The summed E-state index contributed by atoms with van der Waals surface area (Å²) in [5, 5.41) is 2.87. The van der Waals surface area contributed by atoms with Crippen LogP contribution >= 0.6 is 0 Å². The van der Waals surface area contributed by atoms with E-state index in [1.54, 1.807) is 4.90 Å². The molecule has 7 heteroatoms. The molecule has 1 aliphatic heterocycles. The van der Waals surface area contributed by atoms with Crippen LogP contribution in [0.2, 0.25) is 0 Å². The average molecular weight is 419 g/mol. The van der Waals surface area contributed by atoms with Crippen molar-refractivity contribution in [2.45, 2.75) is 45.2 Å². The molecular weight excluding hydrogens is 380 g/mol. The lowest BCUT2D eigenvalue weighted by atomic mass is 9.93. The first-order valence-electron chi connectivity index (χ1n) is 11.0. The highest BCUT2D eigenvalue weighted by atomic mass is 16.5. The van der Waals surface area contributed by atoms with Crippen molar-refractivity contribution in [3.8, 4) is 0 Å². The van der Waals surface area contributed by atoms with Gasteiger partial charge in [-0.15, -0.1) is 0 Å². The number of rotatable bonds is 11. The molecule has 0 radical (unpaired) electrons. The number of nitrogens with zero attached hydrogens (tertiary/aromatic N) is 2. The first-order chi connectivity index (χ1) is 14.5. The predicted molar refractivity (Wildman–Crippen MR) is 119 cm³/mol. The number of carbonyl (C=O) groups is 2. The fraction of sp³-hybridized carbons (Fsp3) is 0.652. The average Bonchev–Trinajstić information content (AvgIpc) is 2.75. The molecule has 2 atom stereocenters. The Hall–Kier alpha value is -1.96. The minimum atomic E-state index is -0.482. The van der Waals surface area contributed by atoms with Crippen LogP contribution in [0.5, 0.6) is 0 Å². The van der Waals surface area contributed by atoms with Crippen molar-refractivity contribution in [2.24, 2.45) is 11.7 Å². The van der Waals surface area contributed by atoms with Gasteiger partial charge in [-0.1, -0.05) is 44.2 Å². The molecule has 1 aliphatic rings. The zero-order valence-electron chi connectivity index (χ0n) is 18.7. The summed E-state index contributed by atoms with van der Waals surface area (Å²) in [6.45, 7) is 7.70. The van der Waals surface area contributed by atoms with Gasteiger partial charge in [0, 0.05) is 45.9 Å². The van der Waals surface area contributed by atoms with Crippen LogP contribution in [-0.4, -0.2) is 80.1 Å². The Kier molecular flexibility index (Phi) is 10.3. The predicted octanol–water partition coefficient (Wildman–Crippen LogP) is 1.27. The third kappa shape index (κ3) is 7.38. The summed E-state index contributed by atoms with van der Waals surface area (Å²) in [5.74, 6) is 0.268. The van der Waals surface area contributed by atoms with Crippen molar-refractivity contribution in [1.82, 2.24) is 15.1 Å². The van der Waals surface area contributed by atoms with Gasteiger partial charge in [-0.05, 0) is 30.7 Å². The molecule has 1 heterocycles. The van der Waals surface area contributed by atoms with E-state index in [2.05, 4.69) is 48.3 Å². The number of hydrogen-bond acceptors (Lipinski definition) is 5. The smallest absolute Gasteiger partial charge is 0.249 e. The van der Waals surface area contributed by atoms with Gasteiger partial charge in [0.25, 0.3) is 0 Å². The molecule has 1 unspecified atom stereocenters. The Labute approximate surface area is 180 Å². The van der Waals surface area contributed by atoms with Crippen molar-refractivity contribution >= 4 is 11.8 Å². The van der Waals surface area contributed by atoms with Crippen LogP contribution < -0.4 is 11.1 Å². The van der Waals surface area contributed by atoms with Crippen LogP contribution in [0.1, 0.15) is 32.3 Å². The monoisotopic (exact) mass is 418 g/mol. The number of benzene rings is 1. The molecule has 7 nitrogen and oxygen atoms in total. The Balaban J connectivity index is 2.11. The number of methoxy groups -OCH3 is 1. The summed E-state index contributed by atoms with van der Waals surface area (Å²) < 4.78 is 5.03. The van der Waals surface area contributed by atoms with Crippen molar-refractivity contribution in [2.75, 3.05) is 46.4 Å². The van der Waals surface area contributed by atoms with Crippen LogP contribution in [-0.2, 0) is 20.7 Å². The number of ether oxygens (including phenoxy) is 1. The maximum Gasteiger partial charge on any atom is 0.249 e. The summed E-state index contributed by atoms with van der Waals surface area (Å²) in [4.78, 5) is 29.5. The van der Waals surface area contributed by atoms with Crippen LogP contribution in [0.3, 0.4) is 0 Å². The van der Waals surface area contributed by atoms with E-state index in [1.165, 1.54) is 12.7 Å². The molecule has 2 rings (SSSR count). The van der Waals surface area contributed by atoms with Crippen molar-refractivity contribution in [3.05, 3.63) is 35.9 Å².